The Labute approximate surface area is 237 Å². The van der Waals surface area contributed by atoms with Gasteiger partial charge in [-0.1, -0.05) is 34.4 Å². The maximum Gasteiger partial charge on any atom is 0.349 e. The molecule has 0 unspecified atom stereocenters. The molecule has 40 heavy (non-hydrogen) atoms. The van der Waals surface area contributed by atoms with Gasteiger partial charge in [0.15, 0.2) is 0 Å². The van der Waals surface area contributed by atoms with Crippen LogP contribution in [0.2, 0.25) is 10.0 Å². The number of hydrogen-bond acceptors (Lipinski definition) is 9. The first-order valence-corrected chi connectivity index (χ1v) is 13.6. The molecule has 3 aromatic heterocycles. The summed E-state index contributed by atoms with van der Waals surface area (Å²) >= 11 is 12.9. The molecule has 4 heterocycles. The third kappa shape index (κ3) is 5.01. The number of rotatable bonds is 7. The summed E-state index contributed by atoms with van der Waals surface area (Å²) in [5, 5.41) is 20.0. The molecule has 13 heteroatoms. The van der Waals surface area contributed by atoms with Crippen LogP contribution >= 0.6 is 23.2 Å². The van der Waals surface area contributed by atoms with Crippen LogP contribution < -0.4 is 16.1 Å². The predicted octanol–water partition coefficient (Wildman–Crippen LogP) is 4.21. The average Bonchev–Trinajstić information content (AvgIpc) is 3.73. The zero-order valence-corrected chi connectivity index (χ0v) is 22.7. The van der Waals surface area contributed by atoms with Crippen molar-refractivity contribution >= 4 is 29.0 Å². The third-order valence-electron chi connectivity index (χ3n) is 7.16. The number of aromatic amines is 1. The van der Waals surface area contributed by atoms with Crippen LogP contribution in [0, 0.1) is 11.3 Å². The van der Waals surface area contributed by atoms with E-state index in [2.05, 4.69) is 25.2 Å². The first-order chi connectivity index (χ1) is 19.4. The highest BCUT2D eigenvalue weighted by Crippen LogP contribution is 2.46. The Kier molecular flexibility index (Phi) is 7.14. The van der Waals surface area contributed by atoms with Gasteiger partial charge < -0.3 is 14.2 Å². The minimum Gasteiger partial charge on any atom is -0.373 e. The van der Waals surface area contributed by atoms with Crippen LogP contribution in [0.4, 0.5) is 5.82 Å². The van der Waals surface area contributed by atoms with Crippen LogP contribution in [-0.4, -0.2) is 44.1 Å². The molecule has 1 N–H and O–H groups in total. The monoisotopic (exact) mass is 579 g/mol. The minimum absolute atomic E-state index is 0.0328. The van der Waals surface area contributed by atoms with Crippen molar-refractivity contribution in [3.63, 3.8) is 0 Å². The smallest absolute Gasteiger partial charge is 0.349 e. The second kappa shape index (κ2) is 10.9. The van der Waals surface area contributed by atoms with E-state index >= 15 is 0 Å². The van der Waals surface area contributed by atoms with Gasteiger partial charge >= 0.3 is 5.69 Å². The lowest BCUT2D eigenvalue weighted by molar-refractivity contribution is 0.0245. The fourth-order valence-corrected chi connectivity index (χ4v) is 5.48. The van der Waals surface area contributed by atoms with Crippen LogP contribution in [0.25, 0.3) is 16.9 Å². The van der Waals surface area contributed by atoms with Crippen LogP contribution in [0.3, 0.4) is 0 Å². The number of aromatic nitrogens is 5. The quantitative estimate of drug-likeness (QED) is 0.340. The van der Waals surface area contributed by atoms with Crippen molar-refractivity contribution in [3.05, 3.63) is 84.4 Å². The van der Waals surface area contributed by atoms with Gasteiger partial charge in [0.05, 0.1) is 34.6 Å². The van der Waals surface area contributed by atoms with Gasteiger partial charge in [0.2, 0.25) is 5.69 Å². The van der Waals surface area contributed by atoms with E-state index in [1.807, 2.05) is 0 Å². The van der Waals surface area contributed by atoms with Crippen molar-refractivity contribution < 1.29 is 9.26 Å². The van der Waals surface area contributed by atoms with E-state index in [-0.39, 0.29) is 11.8 Å². The van der Waals surface area contributed by atoms with E-state index in [4.69, 9.17) is 37.7 Å². The van der Waals surface area contributed by atoms with Gasteiger partial charge in [0, 0.05) is 30.1 Å². The fraction of sp³-hybridized carbons (Fsp3) is 0.333. The average molecular weight is 580 g/mol. The molecule has 1 aliphatic heterocycles. The van der Waals surface area contributed by atoms with Gasteiger partial charge in [-0.05, 0) is 49.9 Å². The molecule has 0 radical (unpaired) electrons. The molecule has 1 saturated heterocycles. The number of nitrogens with zero attached hydrogens (tertiary/aromatic N) is 6. The SMILES string of the molecule is N#Cc1n[nH]c(=O)n(-c2ccc(N3CCC(OCc4c(-c5c(Cl)cccc5Cl)noc4C4CC4)CC3)nc2)c1=O. The number of anilines is 1. The van der Waals surface area contributed by atoms with Crippen LogP contribution in [0.15, 0.2) is 50.6 Å². The van der Waals surface area contributed by atoms with Crippen LogP contribution in [0.1, 0.15) is 48.6 Å². The Morgan fingerprint density at radius 1 is 1.10 bits per heavy atom. The Balaban J connectivity index is 1.12. The number of ether oxygens (including phenoxy) is 1. The molecule has 204 valence electrons. The predicted molar refractivity (Wildman–Crippen MR) is 147 cm³/mol. The maximum absolute atomic E-state index is 12.4. The molecule has 1 saturated carbocycles. The summed E-state index contributed by atoms with van der Waals surface area (Å²) in [5.41, 5.74) is 0.506. The van der Waals surface area contributed by atoms with Gasteiger partial charge in [-0.15, -0.1) is 0 Å². The van der Waals surface area contributed by atoms with Crippen molar-refractivity contribution in [2.75, 3.05) is 18.0 Å². The maximum atomic E-state index is 12.4. The number of benzene rings is 1. The van der Waals surface area contributed by atoms with E-state index in [0.29, 0.717) is 52.7 Å². The molecule has 2 aliphatic rings. The molecule has 4 aromatic rings. The van der Waals surface area contributed by atoms with Crippen molar-refractivity contribution in [1.29, 1.82) is 5.26 Å². The highest BCUT2D eigenvalue weighted by Gasteiger charge is 2.34. The van der Waals surface area contributed by atoms with Gasteiger partial charge in [-0.25, -0.2) is 19.4 Å². The van der Waals surface area contributed by atoms with E-state index in [0.717, 1.165) is 41.6 Å². The molecule has 6 rings (SSSR count). The molecule has 11 nitrogen and oxygen atoms in total. The zero-order valence-electron chi connectivity index (χ0n) is 21.1. The highest BCUT2D eigenvalue weighted by atomic mass is 35.5. The summed E-state index contributed by atoms with van der Waals surface area (Å²) in [6.45, 7) is 1.78. The molecule has 0 atom stereocenters. The molecule has 0 spiro atoms. The van der Waals surface area contributed by atoms with E-state index in [1.54, 1.807) is 36.4 Å². The lowest BCUT2D eigenvalue weighted by Crippen LogP contribution is -2.38. The largest absolute Gasteiger partial charge is 0.373 e. The topological polar surface area (TPSA) is 143 Å². The Hall–Kier alpha value is -3.98. The fourth-order valence-electron chi connectivity index (χ4n) is 4.91. The summed E-state index contributed by atoms with van der Waals surface area (Å²) in [6.07, 6.45) is 5.15. The van der Waals surface area contributed by atoms with Gasteiger partial charge in [0.1, 0.15) is 23.3 Å². The zero-order chi connectivity index (χ0) is 27.8. The summed E-state index contributed by atoms with van der Waals surface area (Å²) < 4.78 is 12.9. The number of H-pyrrole nitrogens is 1. The van der Waals surface area contributed by atoms with E-state index in [1.165, 1.54) is 6.20 Å². The lowest BCUT2D eigenvalue weighted by Gasteiger charge is -2.32. The molecule has 1 aromatic carbocycles. The number of hydrogen-bond donors (Lipinski definition) is 1. The minimum atomic E-state index is -0.795. The number of nitriles is 1. The van der Waals surface area contributed by atoms with Crippen molar-refractivity contribution in [2.45, 2.75) is 44.3 Å². The Bertz CT molecular complexity index is 1690. The molecule has 0 bridgehead atoms. The summed E-state index contributed by atoms with van der Waals surface area (Å²) in [5.74, 6) is 1.91. The molecule has 1 aliphatic carbocycles. The molecular weight excluding hydrogens is 557 g/mol. The van der Waals surface area contributed by atoms with Gasteiger partial charge in [-0.2, -0.15) is 10.4 Å². The second-order valence-corrected chi connectivity index (χ2v) is 10.6. The summed E-state index contributed by atoms with van der Waals surface area (Å²) in [7, 11) is 0. The molecule has 2 fully saturated rings. The Morgan fingerprint density at radius 3 is 2.50 bits per heavy atom. The normalized spacial score (nSPS) is 15.8. The second-order valence-electron chi connectivity index (χ2n) is 9.75. The Morgan fingerprint density at radius 2 is 1.85 bits per heavy atom. The first-order valence-electron chi connectivity index (χ1n) is 12.8. The lowest BCUT2D eigenvalue weighted by atomic mass is 10.0. The number of piperidine rings is 1. The van der Waals surface area contributed by atoms with Crippen molar-refractivity contribution in [2.24, 2.45) is 0 Å². The van der Waals surface area contributed by atoms with Crippen LogP contribution in [0.5, 0.6) is 0 Å². The van der Waals surface area contributed by atoms with Crippen molar-refractivity contribution in [3.8, 4) is 23.0 Å². The highest BCUT2D eigenvalue weighted by molar-refractivity contribution is 6.39. The number of pyridine rings is 1. The molecular formula is C27H23Cl2N7O4. The standard InChI is InChI=1S/C27H23Cl2N7O4/c28-19-2-1-3-20(29)23(19)24-18(25(40-34-24)15-4-5-15)14-39-17-8-10-35(11-9-17)22-7-6-16(13-31-22)36-26(37)21(12-30)32-33-27(36)38/h1-3,6-7,13,15,17H,4-5,8-11,14H2,(H,33,38). The van der Waals surface area contributed by atoms with Gasteiger partial charge in [0.25, 0.3) is 5.56 Å². The van der Waals surface area contributed by atoms with E-state index < -0.39 is 16.9 Å². The number of halogens is 2. The molecule has 0 amide bonds. The third-order valence-corrected chi connectivity index (χ3v) is 7.79. The summed E-state index contributed by atoms with van der Waals surface area (Å²) in [4.78, 5) is 31.1. The number of nitrogens with one attached hydrogen (secondary N) is 1. The van der Waals surface area contributed by atoms with Crippen molar-refractivity contribution in [1.82, 2.24) is 24.9 Å². The summed E-state index contributed by atoms with van der Waals surface area (Å²) in [6, 6.07) is 10.4. The van der Waals surface area contributed by atoms with Gasteiger partial charge in [-0.3, -0.25) is 4.79 Å². The first kappa shape index (κ1) is 26.3. The van der Waals surface area contributed by atoms with E-state index in [9.17, 15) is 9.59 Å². The van der Waals surface area contributed by atoms with Crippen LogP contribution in [-0.2, 0) is 11.3 Å².